The molecule has 12 heavy (non-hydrogen) atoms. The van der Waals surface area contributed by atoms with E-state index < -0.39 is 18.7 Å². The van der Waals surface area contributed by atoms with Crippen LogP contribution in [0.2, 0.25) is 0 Å². The fraction of sp³-hybridized carbons (Fsp3) is 0.857. The van der Waals surface area contributed by atoms with Gasteiger partial charge in [-0.25, -0.2) is 4.79 Å². The zero-order chi connectivity index (χ0) is 9.72. The topological polar surface area (TPSA) is 46.5 Å². The molecule has 0 unspecified atom stereocenters. The van der Waals surface area contributed by atoms with Crippen LogP contribution >= 0.6 is 0 Å². The van der Waals surface area contributed by atoms with Crippen LogP contribution in [0.1, 0.15) is 20.3 Å². The summed E-state index contributed by atoms with van der Waals surface area (Å²) in [6.07, 6.45) is -1.30. The Balaban J connectivity index is 3.96. The van der Waals surface area contributed by atoms with Gasteiger partial charge in [0.15, 0.2) is 6.10 Å². The number of carbonyl (C=O) groups is 1. The monoisotopic (exact) mass is 182 g/mol. The van der Waals surface area contributed by atoms with E-state index in [4.69, 9.17) is 5.11 Å². The molecule has 0 spiro atoms. The molecule has 5 heteroatoms. The highest BCUT2D eigenvalue weighted by molar-refractivity contribution is 5.72. The van der Waals surface area contributed by atoms with Crippen LogP contribution in [0.3, 0.4) is 0 Å². The van der Waals surface area contributed by atoms with Gasteiger partial charge >= 0.3 is 12.6 Å². The number of ether oxygens (including phenoxy) is 1. The molecular weight excluding hydrogens is 170 g/mol. The summed E-state index contributed by atoms with van der Waals surface area (Å²) in [5.41, 5.74) is 0. The molecule has 0 saturated heterocycles. The normalized spacial score (nSPS) is 13.8. The van der Waals surface area contributed by atoms with Gasteiger partial charge in [0.25, 0.3) is 0 Å². The van der Waals surface area contributed by atoms with E-state index in [0.29, 0.717) is 0 Å². The van der Waals surface area contributed by atoms with Crippen LogP contribution < -0.4 is 0 Å². The lowest BCUT2D eigenvalue weighted by atomic mass is 10.1. The van der Waals surface area contributed by atoms with Gasteiger partial charge < -0.3 is 9.84 Å². The average Bonchev–Trinajstić information content (AvgIpc) is 1.83. The Morgan fingerprint density at radius 2 is 2.00 bits per heavy atom. The van der Waals surface area contributed by atoms with Gasteiger partial charge in [0.1, 0.15) is 0 Å². The Hall–Kier alpha value is -0.710. The van der Waals surface area contributed by atoms with Crippen LogP contribution in [0.5, 0.6) is 0 Å². The quantitative estimate of drug-likeness (QED) is 0.704. The molecule has 1 atom stereocenters. The number of carboxylic acid groups (broad SMARTS) is 1. The SMILES string of the molecule is CC(C)C[C@@H](OC(F)F)C(=O)O. The molecule has 0 fully saturated rings. The first-order valence-corrected chi connectivity index (χ1v) is 3.60. The summed E-state index contributed by atoms with van der Waals surface area (Å²) < 4.78 is 27.1. The average molecular weight is 182 g/mol. The number of rotatable bonds is 5. The number of halogens is 2. The minimum absolute atomic E-state index is 0.0184. The van der Waals surface area contributed by atoms with Crippen LogP contribution in [0, 0.1) is 5.92 Å². The van der Waals surface area contributed by atoms with Crippen molar-refractivity contribution in [3.63, 3.8) is 0 Å². The third kappa shape index (κ3) is 5.01. The van der Waals surface area contributed by atoms with Crippen molar-refractivity contribution in [1.29, 1.82) is 0 Å². The minimum Gasteiger partial charge on any atom is -0.479 e. The lowest BCUT2D eigenvalue weighted by Crippen LogP contribution is -2.27. The molecule has 0 radical (unpaired) electrons. The maximum atomic E-state index is 11.6. The van der Waals surface area contributed by atoms with Crippen molar-refractivity contribution in [2.75, 3.05) is 0 Å². The Morgan fingerprint density at radius 3 is 2.25 bits per heavy atom. The van der Waals surface area contributed by atoms with Crippen LogP contribution in [0.4, 0.5) is 8.78 Å². The van der Waals surface area contributed by atoms with E-state index >= 15 is 0 Å². The van der Waals surface area contributed by atoms with Crippen molar-refractivity contribution in [3.05, 3.63) is 0 Å². The maximum absolute atomic E-state index is 11.6. The van der Waals surface area contributed by atoms with Crippen molar-refractivity contribution in [2.24, 2.45) is 5.92 Å². The molecule has 0 aliphatic rings. The third-order valence-electron chi connectivity index (χ3n) is 1.23. The number of carboxylic acids is 1. The fourth-order valence-electron chi connectivity index (χ4n) is 0.767. The summed E-state index contributed by atoms with van der Waals surface area (Å²) in [6, 6.07) is 0. The molecule has 0 heterocycles. The van der Waals surface area contributed by atoms with Gasteiger partial charge in [-0.05, 0) is 12.3 Å². The first-order valence-electron chi connectivity index (χ1n) is 3.60. The predicted octanol–water partition coefficient (Wildman–Crippen LogP) is 1.72. The van der Waals surface area contributed by atoms with Gasteiger partial charge in [-0.3, -0.25) is 0 Å². The van der Waals surface area contributed by atoms with Gasteiger partial charge in [-0.1, -0.05) is 13.8 Å². The fourth-order valence-corrected chi connectivity index (χ4v) is 0.767. The van der Waals surface area contributed by atoms with Gasteiger partial charge in [0.2, 0.25) is 0 Å². The lowest BCUT2D eigenvalue weighted by Gasteiger charge is -2.14. The van der Waals surface area contributed by atoms with Gasteiger partial charge in [-0.2, -0.15) is 8.78 Å². The molecule has 0 aromatic carbocycles. The van der Waals surface area contributed by atoms with Crippen molar-refractivity contribution >= 4 is 5.97 Å². The van der Waals surface area contributed by atoms with Crippen LogP contribution in [0.25, 0.3) is 0 Å². The van der Waals surface area contributed by atoms with Crippen molar-refractivity contribution < 1.29 is 23.4 Å². The van der Waals surface area contributed by atoms with E-state index in [1.165, 1.54) is 0 Å². The van der Waals surface area contributed by atoms with Crippen LogP contribution in [0.15, 0.2) is 0 Å². The summed E-state index contributed by atoms with van der Waals surface area (Å²) in [5, 5.41) is 8.41. The third-order valence-corrected chi connectivity index (χ3v) is 1.23. The van der Waals surface area contributed by atoms with E-state index in [-0.39, 0.29) is 12.3 Å². The van der Waals surface area contributed by atoms with E-state index in [9.17, 15) is 13.6 Å². The molecule has 72 valence electrons. The van der Waals surface area contributed by atoms with E-state index in [2.05, 4.69) is 4.74 Å². The second kappa shape index (κ2) is 5.03. The highest BCUT2D eigenvalue weighted by atomic mass is 19.3. The summed E-state index contributed by atoms with van der Waals surface area (Å²) >= 11 is 0. The Kier molecular flexibility index (Phi) is 4.73. The minimum atomic E-state index is -3.02. The Morgan fingerprint density at radius 1 is 1.50 bits per heavy atom. The number of alkyl halides is 2. The van der Waals surface area contributed by atoms with E-state index in [0.717, 1.165) is 0 Å². The number of hydrogen-bond acceptors (Lipinski definition) is 2. The van der Waals surface area contributed by atoms with Gasteiger partial charge in [0.05, 0.1) is 0 Å². The predicted molar refractivity (Wildman–Crippen MR) is 38.0 cm³/mol. The Labute approximate surface area is 69.3 Å². The second-order valence-corrected chi connectivity index (χ2v) is 2.85. The van der Waals surface area contributed by atoms with Crippen molar-refractivity contribution in [1.82, 2.24) is 0 Å². The number of hydrogen-bond donors (Lipinski definition) is 1. The highest BCUT2D eigenvalue weighted by Crippen LogP contribution is 2.11. The molecule has 0 aromatic rings. The summed E-state index contributed by atoms with van der Waals surface area (Å²) in [7, 11) is 0. The molecule has 0 aliphatic heterocycles. The Bertz CT molecular complexity index is 138. The standard InChI is InChI=1S/C7H12F2O3/c1-4(2)3-5(6(10)11)12-7(8)9/h4-5,7H,3H2,1-2H3,(H,10,11)/t5-/m1/s1. The summed E-state index contributed by atoms with van der Waals surface area (Å²) in [6.45, 7) is 0.458. The highest BCUT2D eigenvalue weighted by Gasteiger charge is 2.23. The van der Waals surface area contributed by atoms with Crippen LogP contribution in [-0.2, 0) is 9.53 Å². The van der Waals surface area contributed by atoms with E-state index in [1.54, 1.807) is 13.8 Å². The van der Waals surface area contributed by atoms with Crippen molar-refractivity contribution in [2.45, 2.75) is 33.0 Å². The lowest BCUT2D eigenvalue weighted by molar-refractivity contribution is -0.189. The summed E-state index contributed by atoms with van der Waals surface area (Å²) in [4.78, 5) is 10.3. The number of aliphatic carboxylic acids is 1. The van der Waals surface area contributed by atoms with Gasteiger partial charge in [0, 0.05) is 0 Å². The molecule has 1 N–H and O–H groups in total. The molecule has 0 aromatic heterocycles. The van der Waals surface area contributed by atoms with Crippen molar-refractivity contribution in [3.8, 4) is 0 Å². The smallest absolute Gasteiger partial charge is 0.346 e. The van der Waals surface area contributed by atoms with Crippen LogP contribution in [-0.4, -0.2) is 23.8 Å². The molecule has 3 nitrogen and oxygen atoms in total. The molecule has 0 bridgehead atoms. The molecular formula is C7H12F2O3. The maximum Gasteiger partial charge on any atom is 0.346 e. The molecule has 0 aliphatic carbocycles. The zero-order valence-electron chi connectivity index (χ0n) is 6.96. The zero-order valence-corrected chi connectivity index (χ0v) is 6.96. The largest absolute Gasteiger partial charge is 0.479 e. The molecule has 0 amide bonds. The molecule has 0 saturated carbocycles. The van der Waals surface area contributed by atoms with Gasteiger partial charge in [-0.15, -0.1) is 0 Å². The second-order valence-electron chi connectivity index (χ2n) is 2.85. The summed E-state index contributed by atoms with van der Waals surface area (Å²) in [5.74, 6) is -1.33. The van der Waals surface area contributed by atoms with E-state index in [1.807, 2.05) is 0 Å². The first kappa shape index (κ1) is 11.3. The first-order chi connectivity index (χ1) is 5.43. The molecule has 0 rings (SSSR count).